The maximum atomic E-state index is 11.0. The molecule has 0 spiro atoms. The maximum absolute atomic E-state index is 11.0. The van der Waals surface area contributed by atoms with Gasteiger partial charge in [0, 0.05) is 5.56 Å². The standard InChI is InChI=1S/C8H5ClO3/c9-5-3-1-2-4-6(5)8(11)12-7(4)10/h1-3,7,10H/t7-/m1/s1. The van der Waals surface area contributed by atoms with Gasteiger partial charge in [0.15, 0.2) is 0 Å². The number of hydrogen-bond acceptors (Lipinski definition) is 3. The van der Waals surface area contributed by atoms with Crippen LogP contribution >= 0.6 is 11.6 Å². The second-order valence-corrected chi connectivity index (χ2v) is 2.87. The van der Waals surface area contributed by atoms with Crippen molar-refractivity contribution in [2.45, 2.75) is 6.29 Å². The molecule has 0 saturated heterocycles. The average molecular weight is 185 g/mol. The van der Waals surface area contributed by atoms with Crippen LogP contribution in [0.1, 0.15) is 22.2 Å². The van der Waals surface area contributed by atoms with Gasteiger partial charge in [0.2, 0.25) is 6.29 Å². The Morgan fingerprint density at radius 1 is 1.50 bits per heavy atom. The molecule has 0 aromatic heterocycles. The monoisotopic (exact) mass is 184 g/mol. The highest BCUT2D eigenvalue weighted by atomic mass is 35.5. The summed E-state index contributed by atoms with van der Waals surface area (Å²) < 4.78 is 4.54. The molecular weight excluding hydrogens is 180 g/mol. The van der Waals surface area contributed by atoms with E-state index in [0.717, 1.165) is 0 Å². The lowest BCUT2D eigenvalue weighted by molar-refractivity contribution is -0.0547. The van der Waals surface area contributed by atoms with Crippen molar-refractivity contribution >= 4 is 17.6 Å². The summed E-state index contributed by atoms with van der Waals surface area (Å²) in [7, 11) is 0. The van der Waals surface area contributed by atoms with E-state index < -0.39 is 12.3 Å². The number of aliphatic hydroxyl groups excluding tert-OH is 1. The van der Waals surface area contributed by atoms with Crippen LogP contribution in [0.5, 0.6) is 0 Å². The van der Waals surface area contributed by atoms with Crippen LogP contribution in [0.4, 0.5) is 0 Å². The first kappa shape index (κ1) is 7.58. The Labute approximate surface area is 73.5 Å². The Morgan fingerprint density at radius 2 is 2.25 bits per heavy atom. The first-order valence-corrected chi connectivity index (χ1v) is 3.75. The lowest BCUT2D eigenvalue weighted by Crippen LogP contribution is -1.96. The molecule has 0 bridgehead atoms. The number of hydrogen-bond donors (Lipinski definition) is 1. The molecule has 1 aliphatic heterocycles. The SMILES string of the molecule is O=C1O[C@@H](O)c2cccc(Cl)c21. The second-order valence-electron chi connectivity index (χ2n) is 2.46. The van der Waals surface area contributed by atoms with Crippen LogP contribution in [0.3, 0.4) is 0 Å². The van der Waals surface area contributed by atoms with E-state index in [1.165, 1.54) is 0 Å². The Hall–Kier alpha value is -1.06. The molecule has 0 saturated carbocycles. The third kappa shape index (κ3) is 0.906. The summed E-state index contributed by atoms with van der Waals surface area (Å²) in [4.78, 5) is 11.0. The van der Waals surface area contributed by atoms with Crippen LogP contribution in [-0.2, 0) is 4.74 Å². The molecular formula is C8H5ClO3. The zero-order chi connectivity index (χ0) is 8.72. The molecule has 1 aliphatic rings. The third-order valence-electron chi connectivity index (χ3n) is 1.73. The van der Waals surface area contributed by atoms with E-state index in [1.54, 1.807) is 18.2 Å². The van der Waals surface area contributed by atoms with Gasteiger partial charge in [-0.05, 0) is 6.07 Å². The highest BCUT2D eigenvalue weighted by molar-refractivity contribution is 6.34. The van der Waals surface area contributed by atoms with Crippen molar-refractivity contribution in [2.75, 3.05) is 0 Å². The van der Waals surface area contributed by atoms with Crippen LogP contribution in [0, 0.1) is 0 Å². The van der Waals surface area contributed by atoms with Gasteiger partial charge in [-0.15, -0.1) is 0 Å². The van der Waals surface area contributed by atoms with Gasteiger partial charge < -0.3 is 9.84 Å². The van der Waals surface area contributed by atoms with E-state index in [0.29, 0.717) is 10.6 Å². The van der Waals surface area contributed by atoms with Crippen LogP contribution in [-0.4, -0.2) is 11.1 Å². The number of esters is 1. The second kappa shape index (κ2) is 2.47. The van der Waals surface area contributed by atoms with Crippen molar-refractivity contribution in [1.82, 2.24) is 0 Å². The predicted molar refractivity (Wildman–Crippen MR) is 41.8 cm³/mol. The fourth-order valence-electron chi connectivity index (χ4n) is 1.19. The number of aliphatic hydroxyl groups is 1. The van der Waals surface area contributed by atoms with E-state index in [1.807, 2.05) is 0 Å². The summed E-state index contributed by atoms with van der Waals surface area (Å²) >= 11 is 5.72. The molecule has 62 valence electrons. The predicted octanol–water partition coefficient (Wildman–Crippen LogP) is 1.50. The summed E-state index contributed by atoms with van der Waals surface area (Å²) in [6.07, 6.45) is -1.16. The normalized spacial score (nSPS) is 20.5. The molecule has 0 amide bonds. The van der Waals surface area contributed by atoms with Gasteiger partial charge >= 0.3 is 5.97 Å². The van der Waals surface area contributed by atoms with Gasteiger partial charge in [-0.2, -0.15) is 0 Å². The Balaban J connectivity index is 2.67. The summed E-state index contributed by atoms with van der Waals surface area (Å²) in [5, 5.41) is 9.49. The molecule has 4 heteroatoms. The molecule has 1 aromatic carbocycles. The quantitative estimate of drug-likeness (QED) is 0.622. The van der Waals surface area contributed by atoms with Crippen molar-refractivity contribution in [3.63, 3.8) is 0 Å². The van der Waals surface area contributed by atoms with Crippen molar-refractivity contribution in [2.24, 2.45) is 0 Å². The van der Waals surface area contributed by atoms with E-state index in [9.17, 15) is 9.90 Å². The van der Waals surface area contributed by atoms with Crippen LogP contribution < -0.4 is 0 Å². The molecule has 0 fully saturated rings. The minimum absolute atomic E-state index is 0.270. The highest BCUT2D eigenvalue weighted by Crippen LogP contribution is 2.32. The lowest BCUT2D eigenvalue weighted by atomic mass is 10.1. The molecule has 1 atom stereocenters. The van der Waals surface area contributed by atoms with Gasteiger partial charge in [0.25, 0.3) is 0 Å². The van der Waals surface area contributed by atoms with Gasteiger partial charge in [0.1, 0.15) is 0 Å². The van der Waals surface area contributed by atoms with Crippen molar-refractivity contribution in [3.05, 3.63) is 34.3 Å². The molecule has 0 aliphatic carbocycles. The van der Waals surface area contributed by atoms with E-state index in [-0.39, 0.29) is 5.56 Å². The summed E-state index contributed by atoms with van der Waals surface area (Å²) in [6.45, 7) is 0. The lowest BCUT2D eigenvalue weighted by Gasteiger charge is -1.99. The van der Waals surface area contributed by atoms with Gasteiger partial charge in [-0.3, -0.25) is 0 Å². The molecule has 3 nitrogen and oxygen atoms in total. The number of carbonyl (C=O) groups is 1. The highest BCUT2D eigenvalue weighted by Gasteiger charge is 2.31. The summed E-state index contributed by atoms with van der Waals surface area (Å²) in [5.74, 6) is -0.567. The number of ether oxygens (including phenoxy) is 1. The van der Waals surface area contributed by atoms with Crippen molar-refractivity contribution in [3.8, 4) is 0 Å². The largest absolute Gasteiger partial charge is 0.428 e. The minimum Gasteiger partial charge on any atom is -0.428 e. The van der Waals surface area contributed by atoms with Gasteiger partial charge in [-0.25, -0.2) is 4.79 Å². The Kier molecular flexibility index (Phi) is 1.56. The molecule has 1 N–H and O–H groups in total. The molecule has 12 heavy (non-hydrogen) atoms. The summed E-state index contributed by atoms with van der Waals surface area (Å²) in [5.41, 5.74) is 0.708. The van der Waals surface area contributed by atoms with Crippen LogP contribution in [0.25, 0.3) is 0 Å². The number of fused-ring (bicyclic) bond motifs is 1. The van der Waals surface area contributed by atoms with E-state index >= 15 is 0 Å². The molecule has 0 unspecified atom stereocenters. The Morgan fingerprint density at radius 3 is 2.92 bits per heavy atom. The zero-order valence-electron chi connectivity index (χ0n) is 5.95. The van der Waals surface area contributed by atoms with Crippen LogP contribution in [0.15, 0.2) is 18.2 Å². The maximum Gasteiger partial charge on any atom is 0.342 e. The van der Waals surface area contributed by atoms with E-state index in [2.05, 4.69) is 4.74 Å². The average Bonchev–Trinajstić information content (AvgIpc) is 2.29. The summed E-state index contributed by atoms with van der Waals surface area (Å²) in [6, 6.07) is 4.85. The van der Waals surface area contributed by atoms with Gasteiger partial charge in [-0.1, -0.05) is 23.7 Å². The number of halogens is 1. The van der Waals surface area contributed by atoms with Gasteiger partial charge in [0.05, 0.1) is 10.6 Å². The van der Waals surface area contributed by atoms with Crippen LogP contribution in [0.2, 0.25) is 5.02 Å². The topological polar surface area (TPSA) is 46.5 Å². The number of rotatable bonds is 0. The Bertz CT molecular complexity index is 348. The van der Waals surface area contributed by atoms with E-state index in [4.69, 9.17) is 11.6 Å². The number of cyclic esters (lactones) is 1. The molecule has 2 rings (SSSR count). The molecule has 1 heterocycles. The number of carbonyl (C=O) groups excluding carboxylic acids is 1. The molecule has 0 radical (unpaired) electrons. The fraction of sp³-hybridized carbons (Fsp3) is 0.125. The van der Waals surface area contributed by atoms with Crippen molar-refractivity contribution < 1.29 is 14.6 Å². The minimum atomic E-state index is -1.16. The first-order chi connectivity index (χ1) is 5.70. The smallest absolute Gasteiger partial charge is 0.342 e. The number of benzene rings is 1. The fourth-order valence-corrected chi connectivity index (χ4v) is 1.44. The first-order valence-electron chi connectivity index (χ1n) is 3.37. The van der Waals surface area contributed by atoms with Crippen molar-refractivity contribution in [1.29, 1.82) is 0 Å². The zero-order valence-corrected chi connectivity index (χ0v) is 6.71. The third-order valence-corrected chi connectivity index (χ3v) is 2.05. The molecule has 1 aromatic rings.